The highest BCUT2D eigenvalue weighted by molar-refractivity contribution is 9.12. The minimum atomic E-state index is -0.577. The first kappa shape index (κ1) is 26.1. The van der Waals surface area contributed by atoms with E-state index in [1.807, 2.05) is 32.0 Å². The van der Waals surface area contributed by atoms with Crippen molar-refractivity contribution in [1.82, 2.24) is 0 Å². The molecule has 0 spiro atoms. The fourth-order valence-corrected chi connectivity index (χ4v) is 6.84. The molecular weight excluding hydrogens is 604 g/mol. The van der Waals surface area contributed by atoms with Crippen molar-refractivity contribution in [1.29, 1.82) is 0 Å². The van der Waals surface area contributed by atoms with Crippen molar-refractivity contribution < 1.29 is 23.9 Å². The van der Waals surface area contributed by atoms with Gasteiger partial charge in [0.25, 0.3) is 0 Å². The van der Waals surface area contributed by atoms with Gasteiger partial charge in [0.05, 0.1) is 23.4 Å². The summed E-state index contributed by atoms with van der Waals surface area (Å²) in [5, 5.41) is 0. The van der Waals surface area contributed by atoms with E-state index in [-0.39, 0.29) is 52.2 Å². The van der Waals surface area contributed by atoms with Crippen LogP contribution in [0, 0.1) is 38.5 Å². The van der Waals surface area contributed by atoms with Crippen LogP contribution in [0.3, 0.4) is 0 Å². The Morgan fingerprint density at radius 2 is 1.54 bits per heavy atom. The zero-order chi connectivity index (χ0) is 26.6. The minimum absolute atomic E-state index is 0.0893. The number of ether oxygens (including phenoxy) is 1. The number of hydrogen-bond acceptors (Lipinski definition) is 5. The van der Waals surface area contributed by atoms with Crippen LogP contribution < -0.4 is 14.5 Å². The van der Waals surface area contributed by atoms with Crippen molar-refractivity contribution in [3.8, 4) is 5.75 Å². The third-order valence-corrected chi connectivity index (χ3v) is 10.6. The highest BCUT2D eigenvalue weighted by atomic mass is 79.9. The SMILES string of the molecule is Cc1cc(OC(=O)[C@@H]2CC(=O)N(c3cccc(C)c3C)C2)ccc1N1C(=O)[C@@H]2C[C@H](Br)[C@@H](Br)C[C@H]2C1=O. The van der Waals surface area contributed by atoms with Gasteiger partial charge in [-0.2, -0.15) is 0 Å². The van der Waals surface area contributed by atoms with Crippen molar-refractivity contribution in [2.75, 3.05) is 16.3 Å². The minimum Gasteiger partial charge on any atom is -0.426 e. The number of halogens is 2. The monoisotopic (exact) mass is 630 g/mol. The number of alkyl halides is 2. The average molecular weight is 632 g/mol. The number of amides is 3. The molecule has 9 heteroatoms. The summed E-state index contributed by atoms with van der Waals surface area (Å²) >= 11 is 7.23. The van der Waals surface area contributed by atoms with Crippen LogP contribution in [-0.2, 0) is 19.2 Å². The molecule has 2 aromatic carbocycles. The van der Waals surface area contributed by atoms with Gasteiger partial charge in [-0.15, -0.1) is 0 Å². The fraction of sp³-hybridized carbons (Fsp3) is 0.429. The molecule has 194 valence electrons. The lowest BCUT2D eigenvalue weighted by molar-refractivity contribution is -0.139. The lowest BCUT2D eigenvalue weighted by Gasteiger charge is -2.29. The molecule has 3 aliphatic rings. The molecule has 2 saturated heterocycles. The van der Waals surface area contributed by atoms with E-state index >= 15 is 0 Å². The Balaban J connectivity index is 1.29. The zero-order valence-corrected chi connectivity index (χ0v) is 24.0. The molecule has 5 atom stereocenters. The van der Waals surface area contributed by atoms with E-state index in [4.69, 9.17) is 4.74 Å². The topological polar surface area (TPSA) is 84.0 Å². The number of nitrogens with zero attached hydrogens (tertiary/aromatic N) is 2. The van der Waals surface area contributed by atoms with Gasteiger partial charge in [0.1, 0.15) is 5.75 Å². The van der Waals surface area contributed by atoms with Crippen molar-refractivity contribution in [2.45, 2.75) is 49.7 Å². The molecule has 2 heterocycles. The normalized spacial score (nSPS) is 27.6. The van der Waals surface area contributed by atoms with Crippen molar-refractivity contribution in [2.24, 2.45) is 17.8 Å². The molecule has 0 bridgehead atoms. The molecule has 0 unspecified atom stereocenters. The molecule has 1 saturated carbocycles. The smallest absolute Gasteiger partial charge is 0.316 e. The number of carbonyl (C=O) groups is 4. The molecule has 1 aliphatic carbocycles. The summed E-state index contributed by atoms with van der Waals surface area (Å²) in [6.07, 6.45) is 1.30. The van der Waals surface area contributed by atoms with Crippen LogP contribution in [0.25, 0.3) is 0 Å². The Morgan fingerprint density at radius 3 is 2.16 bits per heavy atom. The van der Waals surface area contributed by atoms with E-state index in [9.17, 15) is 19.2 Å². The van der Waals surface area contributed by atoms with Gasteiger partial charge in [-0.25, -0.2) is 4.90 Å². The summed E-state index contributed by atoms with van der Waals surface area (Å²) in [4.78, 5) is 55.2. The molecule has 7 nitrogen and oxygen atoms in total. The standard InChI is InChI=1S/C28H28Br2N2O5/c1-14-5-4-6-24(16(14)3)31-13-17(10-25(31)33)28(36)37-18-7-8-23(15(2)9-18)32-26(34)19-11-21(29)22(30)12-20(19)27(32)35/h4-9,17,19-22H,10-13H2,1-3H3/t17-,19-,20-,21+,22+/m1/s1. The predicted molar refractivity (Wildman–Crippen MR) is 147 cm³/mol. The second-order valence-corrected chi connectivity index (χ2v) is 12.6. The number of imide groups is 1. The number of fused-ring (bicyclic) bond motifs is 1. The van der Waals surface area contributed by atoms with Crippen LogP contribution in [-0.4, -0.2) is 39.9 Å². The van der Waals surface area contributed by atoms with E-state index in [0.717, 1.165) is 16.8 Å². The zero-order valence-electron chi connectivity index (χ0n) is 20.9. The first-order valence-corrected chi connectivity index (χ1v) is 14.2. The first-order valence-electron chi connectivity index (χ1n) is 12.4. The number of carbonyl (C=O) groups excluding carboxylic acids is 4. The summed E-state index contributed by atoms with van der Waals surface area (Å²) < 4.78 is 5.64. The molecule has 0 aromatic heterocycles. The van der Waals surface area contributed by atoms with E-state index in [1.54, 1.807) is 30.0 Å². The van der Waals surface area contributed by atoms with Crippen LogP contribution in [0.5, 0.6) is 5.75 Å². The Labute approximate surface area is 232 Å². The van der Waals surface area contributed by atoms with Crippen LogP contribution in [0.15, 0.2) is 36.4 Å². The van der Waals surface area contributed by atoms with E-state index in [0.29, 0.717) is 29.8 Å². The van der Waals surface area contributed by atoms with Gasteiger partial charge in [0, 0.05) is 28.3 Å². The first-order chi connectivity index (χ1) is 17.6. The second kappa shape index (κ2) is 9.98. The number of benzene rings is 2. The van der Waals surface area contributed by atoms with E-state index in [2.05, 4.69) is 31.9 Å². The fourth-order valence-electron chi connectivity index (χ4n) is 5.60. The number of anilines is 2. The summed E-state index contributed by atoms with van der Waals surface area (Å²) in [5.41, 5.74) is 4.09. The molecule has 0 N–H and O–H groups in total. The van der Waals surface area contributed by atoms with Gasteiger partial charge in [-0.3, -0.25) is 19.2 Å². The number of hydrogen-bond donors (Lipinski definition) is 0. The highest BCUT2D eigenvalue weighted by Gasteiger charge is 2.52. The lowest BCUT2D eigenvalue weighted by atomic mass is 9.81. The maximum atomic E-state index is 13.2. The Bertz CT molecular complexity index is 1280. The van der Waals surface area contributed by atoms with Gasteiger partial charge in [-0.05, 0) is 74.6 Å². The molecule has 37 heavy (non-hydrogen) atoms. The molecule has 3 fully saturated rings. The summed E-state index contributed by atoms with van der Waals surface area (Å²) in [6.45, 7) is 6.01. The Morgan fingerprint density at radius 1 is 0.892 bits per heavy atom. The predicted octanol–water partition coefficient (Wildman–Crippen LogP) is 5.00. The van der Waals surface area contributed by atoms with Crippen LogP contribution in [0.2, 0.25) is 0 Å². The Kier molecular flexibility index (Phi) is 7.04. The highest BCUT2D eigenvalue weighted by Crippen LogP contribution is 2.45. The van der Waals surface area contributed by atoms with E-state index in [1.165, 1.54) is 4.90 Å². The number of esters is 1. The van der Waals surface area contributed by atoms with Crippen LogP contribution in [0.4, 0.5) is 11.4 Å². The van der Waals surface area contributed by atoms with Gasteiger partial charge in [0.15, 0.2) is 0 Å². The van der Waals surface area contributed by atoms with Crippen LogP contribution in [0.1, 0.15) is 36.0 Å². The summed E-state index contributed by atoms with van der Waals surface area (Å²) in [7, 11) is 0. The summed E-state index contributed by atoms with van der Waals surface area (Å²) in [6, 6.07) is 10.7. The molecule has 5 rings (SSSR count). The maximum Gasteiger partial charge on any atom is 0.316 e. The second-order valence-electron chi connectivity index (χ2n) is 10.2. The molecule has 0 radical (unpaired) electrons. The molecule has 3 amide bonds. The third kappa shape index (κ3) is 4.65. The van der Waals surface area contributed by atoms with Gasteiger partial charge >= 0.3 is 5.97 Å². The van der Waals surface area contributed by atoms with Gasteiger partial charge < -0.3 is 9.64 Å². The van der Waals surface area contributed by atoms with E-state index < -0.39 is 11.9 Å². The third-order valence-electron chi connectivity index (χ3n) is 7.86. The molecular formula is C28H28Br2N2O5. The maximum absolute atomic E-state index is 13.2. The summed E-state index contributed by atoms with van der Waals surface area (Å²) in [5.74, 6) is -1.85. The van der Waals surface area contributed by atoms with Crippen LogP contribution >= 0.6 is 31.9 Å². The molecule has 2 aromatic rings. The largest absolute Gasteiger partial charge is 0.426 e. The Hall–Kier alpha value is -2.52. The number of rotatable bonds is 4. The van der Waals surface area contributed by atoms with Crippen molar-refractivity contribution >= 4 is 66.9 Å². The van der Waals surface area contributed by atoms with Gasteiger partial charge in [-0.1, -0.05) is 44.0 Å². The van der Waals surface area contributed by atoms with Crippen molar-refractivity contribution in [3.63, 3.8) is 0 Å². The number of aryl methyl sites for hydroxylation is 2. The average Bonchev–Trinajstić information content (AvgIpc) is 3.34. The van der Waals surface area contributed by atoms with Crippen molar-refractivity contribution in [3.05, 3.63) is 53.1 Å². The quantitative estimate of drug-likeness (QED) is 0.205. The molecule has 2 aliphatic heterocycles. The van der Waals surface area contributed by atoms with Gasteiger partial charge in [0.2, 0.25) is 17.7 Å². The lowest BCUT2D eigenvalue weighted by Crippen LogP contribution is -2.34.